The molecule has 0 aliphatic heterocycles. The van der Waals surface area contributed by atoms with Crippen LogP contribution in [-0.2, 0) is 13.0 Å². The van der Waals surface area contributed by atoms with Crippen LogP contribution in [-0.4, -0.2) is 34.7 Å². The van der Waals surface area contributed by atoms with E-state index in [1.807, 2.05) is 35.0 Å². The number of nitrogens with one attached hydrogen (secondary N) is 1. The second-order valence-corrected chi connectivity index (χ2v) is 10.4. The van der Waals surface area contributed by atoms with E-state index in [1.54, 1.807) is 6.20 Å². The molecule has 0 amide bonds. The van der Waals surface area contributed by atoms with Crippen LogP contribution in [0, 0.1) is 11.8 Å². The van der Waals surface area contributed by atoms with Crippen LogP contribution in [0.2, 0.25) is 0 Å². The van der Waals surface area contributed by atoms with Gasteiger partial charge in [0.25, 0.3) is 0 Å². The molecule has 0 radical (unpaired) electrons. The number of aromatic amines is 1. The van der Waals surface area contributed by atoms with E-state index in [0.717, 1.165) is 53.6 Å². The minimum absolute atomic E-state index is 0.101. The minimum atomic E-state index is 0.101. The van der Waals surface area contributed by atoms with E-state index >= 15 is 0 Å². The van der Waals surface area contributed by atoms with Gasteiger partial charge in [0.1, 0.15) is 0 Å². The van der Waals surface area contributed by atoms with Crippen molar-refractivity contribution in [2.75, 3.05) is 0 Å². The van der Waals surface area contributed by atoms with Crippen LogP contribution in [0.3, 0.4) is 0 Å². The lowest BCUT2D eigenvalue weighted by Gasteiger charge is -2.36. The molecule has 4 aromatic rings. The van der Waals surface area contributed by atoms with E-state index < -0.39 is 0 Å². The normalized spacial score (nSPS) is 19.8. The second kappa shape index (κ2) is 11.2. The Morgan fingerprint density at radius 3 is 2.68 bits per heavy atom. The molecule has 194 valence electrons. The summed E-state index contributed by atoms with van der Waals surface area (Å²) in [6.45, 7) is 7.26. The molecule has 5 rings (SSSR count). The monoisotopic (exact) mass is 499 g/mol. The molecule has 0 bridgehead atoms. The average Bonchev–Trinajstić information content (AvgIpc) is 3.57. The minimum Gasteiger partial charge on any atom is -0.295 e. The lowest BCUT2D eigenvalue weighted by atomic mass is 9.76. The molecule has 3 heterocycles. The van der Waals surface area contributed by atoms with Crippen molar-refractivity contribution < 1.29 is 0 Å². The molecule has 3 atom stereocenters. The molecule has 1 N–H and O–H groups in total. The predicted octanol–water partition coefficient (Wildman–Crippen LogP) is 5.67. The fraction of sp³-hybridized carbons (Fsp3) is 0.483. The van der Waals surface area contributed by atoms with Gasteiger partial charge in [0.15, 0.2) is 0 Å². The Balaban J connectivity index is 1.58. The first-order valence-corrected chi connectivity index (χ1v) is 13.7. The zero-order valence-electron chi connectivity index (χ0n) is 22.1. The smallest absolute Gasteiger partial charge is 0.295 e. The van der Waals surface area contributed by atoms with Gasteiger partial charge in [-0.2, -0.15) is 5.21 Å². The van der Waals surface area contributed by atoms with E-state index in [1.165, 1.54) is 19.3 Å². The van der Waals surface area contributed by atoms with Gasteiger partial charge in [-0.05, 0) is 65.5 Å². The molecule has 1 aliphatic rings. The molecule has 1 fully saturated rings. The summed E-state index contributed by atoms with van der Waals surface area (Å²) in [4.78, 5) is 18.5. The van der Waals surface area contributed by atoms with Crippen molar-refractivity contribution >= 4 is 0 Å². The number of tetrazole rings is 1. The molecule has 0 spiro atoms. The second-order valence-electron chi connectivity index (χ2n) is 10.4. The highest BCUT2D eigenvalue weighted by Gasteiger charge is 2.33. The highest BCUT2D eigenvalue weighted by atomic mass is 16.1. The average molecular weight is 500 g/mol. The maximum Gasteiger partial charge on any atom is 0.328 e. The summed E-state index contributed by atoms with van der Waals surface area (Å²) in [5, 5.41) is 14.7. The molecule has 8 nitrogen and oxygen atoms in total. The summed E-state index contributed by atoms with van der Waals surface area (Å²) in [6, 6.07) is 10.3. The van der Waals surface area contributed by atoms with Gasteiger partial charge in [0.2, 0.25) is 5.82 Å². The van der Waals surface area contributed by atoms with Crippen LogP contribution in [0.4, 0.5) is 0 Å². The maximum atomic E-state index is 14.0. The molecule has 1 aromatic carbocycles. The molecule has 1 saturated carbocycles. The topological polar surface area (TPSA) is 94.3 Å². The Kier molecular flexibility index (Phi) is 7.63. The SMILES string of the molecule is CCCCc1cn(C2C(C)CCCC2CC)c(=O)n1Cc1cnccc1-c1ccccc1-c1nn[nH]n1. The first-order chi connectivity index (χ1) is 18.1. The first kappa shape index (κ1) is 25.1. The van der Waals surface area contributed by atoms with Crippen LogP contribution in [0.25, 0.3) is 22.5 Å². The third-order valence-electron chi connectivity index (χ3n) is 8.05. The fourth-order valence-corrected chi connectivity index (χ4v) is 6.12. The fourth-order valence-electron chi connectivity index (χ4n) is 6.12. The largest absolute Gasteiger partial charge is 0.328 e. The zero-order valence-corrected chi connectivity index (χ0v) is 22.1. The van der Waals surface area contributed by atoms with Crippen molar-refractivity contribution in [3.05, 3.63) is 70.7 Å². The zero-order chi connectivity index (χ0) is 25.8. The molecule has 0 saturated heterocycles. The summed E-state index contributed by atoms with van der Waals surface area (Å²) in [5.41, 5.74) is 5.12. The van der Waals surface area contributed by atoms with E-state index in [0.29, 0.717) is 24.2 Å². The van der Waals surface area contributed by atoms with Gasteiger partial charge in [-0.3, -0.25) is 14.1 Å². The van der Waals surface area contributed by atoms with Crippen LogP contribution < -0.4 is 5.69 Å². The number of pyridine rings is 1. The van der Waals surface area contributed by atoms with Gasteiger partial charge >= 0.3 is 5.69 Å². The van der Waals surface area contributed by atoms with E-state index in [-0.39, 0.29) is 11.7 Å². The first-order valence-electron chi connectivity index (χ1n) is 13.7. The van der Waals surface area contributed by atoms with Crippen LogP contribution in [0.1, 0.15) is 76.6 Å². The number of nitrogens with zero attached hydrogens (tertiary/aromatic N) is 6. The number of benzene rings is 1. The van der Waals surface area contributed by atoms with Crippen molar-refractivity contribution in [3.63, 3.8) is 0 Å². The summed E-state index contributed by atoms with van der Waals surface area (Å²) < 4.78 is 4.06. The molecular formula is C29H37N7O. The summed E-state index contributed by atoms with van der Waals surface area (Å²) in [7, 11) is 0. The molecule has 3 unspecified atom stereocenters. The number of unbranched alkanes of at least 4 members (excludes halogenated alkanes) is 1. The maximum absolute atomic E-state index is 14.0. The standard InChI is InChI=1S/C29H37N7O/c1-4-6-12-23-19-36(27-20(3)10-9-11-21(27)5-2)29(37)35(23)18-22-17-30-16-15-24(22)25-13-7-8-14-26(25)28-31-33-34-32-28/h7-8,13-17,19-21,27H,4-6,9-12,18H2,1-3H3,(H,31,32,33,34). The van der Waals surface area contributed by atoms with Gasteiger partial charge < -0.3 is 0 Å². The summed E-state index contributed by atoms with van der Waals surface area (Å²) >= 11 is 0. The highest BCUT2D eigenvalue weighted by molar-refractivity contribution is 5.81. The quantitative estimate of drug-likeness (QED) is 0.320. The number of aromatic nitrogens is 7. The van der Waals surface area contributed by atoms with Crippen molar-refractivity contribution in [1.82, 2.24) is 34.7 Å². The lowest BCUT2D eigenvalue weighted by Crippen LogP contribution is -2.36. The number of rotatable bonds is 9. The predicted molar refractivity (Wildman–Crippen MR) is 145 cm³/mol. The Morgan fingerprint density at radius 1 is 1.08 bits per heavy atom. The molecule has 3 aromatic heterocycles. The Labute approximate surface area is 218 Å². The molecular weight excluding hydrogens is 462 g/mol. The van der Waals surface area contributed by atoms with Crippen LogP contribution in [0.5, 0.6) is 0 Å². The van der Waals surface area contributed by atoms with Crippen molar-refractivity contribution in [2.24, 2.45) is 11.8 Å². The third-order valence-corrected chi connectivity index (χ3v) is 8.05. The van der Waals surface area contributed by atoms with E-state index in [9.17, 15) is 4.79 Å². The summed E-state index contributed by atoms with van der Waals surface area (Å²) in [5.74, 6) is 1.59. The van der Waals surface area contributed by atoms with Gasteiger partial charge in [-0.15, -0.1) is 10.2 Å². The van der Waals surface area contributed by atoms with Gasteiger partial charge in [-0.25, -0.2) is 4.79 Å². The van der Waals surface area contributed by atoms with Crippen LogP contribution in [0.15, 0.2) is 53.7 Å². The van der Waals surface area contributed by atoms with E-state index in [2.05, 4.69) is 63.2 Å². The molecule has 1 aliphatic carbocycles. The number of H-pyrrole nitrogens is 1. The number of hydrogen-bond acceptors (Lipinski definition) is 5. The molecule has 8 heteroatoms. The molecule has 37 heavy (non-hydrogen) atoms. The number of aryl methyl sites for hydroxylation is 1. The third kappa shape index (κ3) is 5.02. The van der Waals surface area contributed by atoms with Gasteiger partial charge in [0, 0.05) is 35.9 Å². The Morgan fingerprint density at radius 2 is 1.92 bits per heavy atom. The van der Waals surface area contributed by atoms with Crippen molar-refractivity contribution in [3.8, 4) is 22.5 Å². The van der Waals surface area contributed by atoms with Crippen molar-refractivity contribution in [2.45, 2.75) is 78.3 Å². The van der Waals surface area contributed by atoms with Crippen LogP contribution >= 0.6 is 0 Å². The highest BCUT2D eigenvalue weighted by Crippen LogP contribution is 2.40. The van der Waals surface area contributed by atoms with Gasteiger partial charge in [0.05, 0.1) is 6.54 Å². The Hall–Kier alpha value is -3.55. The number of hydrogen-bond donors (Lipinski definition) is 1. The number of imidazole rings is 1. The lowest BCUT2D eigenvalue weighted by molar-refractivity contribution is 0.161. The Bertz CT molecular complexity index is 1370. The van der Waals surface area contributed by atoms with Gasteiger partial charge in [-0.1, -0.05) is 64.3 Å². The van der Waals surface area contributed by atoms with E-state index in [4.69, 9.17) is 0 Å². The summed E-state index contributed by atoms with van der Waals surface area (Å²) in [6.07, 6.45) is 13.6. The van der Waals surface area contributed by atoms with Crippen molar-refractivity contribution in [1.29, 1.82) is 0 Å².